The number of amides is 1. The molecule has 2 aliphatic rings. The first-order chi connectivity index (χ1) is 14.8. The molecule has 2 aromatic carbocycles. The Hall–Kier alpha value is -2.80. The third-order valence-corrected chi connectivity index (χ3v) is 6.64. The van der Waals surface area contributed by atoms with E-state index in [0.29, 0.717) is 12.4 Å². The van der Waals surface area contributed by atoms with Crippen molar-refractivity contribution >= 4 is 23.4 Å². The molecule has 0 unspecified atom stereocenters. The monoisotopic (exact) mass is 420 g/mol. The normalized spacial score (nSPS) is 18.1. The first-order valence-electron chi connectivity index (χ1n) is 10.4. The summed E-state index contributed by atoms with van der Waals surface area (Å²) < 4.78 is 8.17. The molecule has 0 bridgehead atoms. The Kier molecular flexibility index (Phi) is 5.45. The summed E-state index contributed by atoms with van der Waals surface area (Å²) in [5.74, 6) is 2.16. The molecule has 6 nitrogen and oxygen atoms in total. The molecule has 0 saturated carbocycles. The van der Waals surface area contributed by atoms with Gasteiger partial charge in [0.2, 0.25) is 5.91 Å². The highest BCUT2D eigenvalue weighted by Gasteiger charge is 2.33. The van der Waals surface area contributed by atoms with Crippen LogP contribution in [-0.2, 0) is 17.8 Å². The van der Waals surface area contributed by atoms with Crippen molar-refractivity contribution in [3.05, 3.63) is 66.0 Å². The molecule has 0 fully saturated rings. The number of carbonyl (C=O) groups excluding carboxylic acids is 1. The van der Waals surface area contributed by atoms with Crippen LogP contribution in [0, 0.1) is 0 Å². The molecule has 1 atom stereocenters. The quantitative estimate of drug-likeness (QED) is 0.590. The zero-order chi connectivity index (χ0) is 20.3. The summed E-state index contributed by atoms with van der Waals surface area (Å²) in [6.07, 6.45) is 4.48. The number of thioether (sulfide) groups is 1. The Morgan fingerprint density at radius 1 is 1.03 bits per heavy atom. The molecule has 3 heterocycles. The van der Waals surface area contributed by atoms with Crippen LogP contribution in [0.25, 0.3) is 0 Å². The van der Waals surface area contributed by atoms with E-state index < -0.39 is 0 Å². The smallest absolute Gasteiger partial charge is 0.238 e. The molecular weight excluding hydrogens is 396 g/mol. The minimum absolute atomic E-state index is 0.0515. The van der Waals surface area contributed by atoms with E-state index in [2.05, 4.69) is 14.8 Å². The second kappa shape index (κ2) is 8.52. The number of aromatic nitrogens is 3. The van der Waals surface area contributed by atoms with Crippen molar-refractivity contribution in [3.63, 3.8) is 0 Å². The number of aryl methyl sites for hydroxylation is 1. The highest BCUT2D eigenvalue weighted by molar-refractivity contribution is 7.99. The zero-order valence-electron chi connectivity index (χ0n) is 16.7. The van der Waals surface area contributed by atoms with E-state index in [9.17, 15) is 4.79 Å². The Morgan fingerprint density at radius 3 is 2.77 bits per heavy atom. The third kappa shape index (κ3) is 3.69. The summed E-state index contributed by atoms with van der Waals surface area (Å²) in [5.41, 5.74) is 1.89. The average molecular weight is 421 g/mol. The lowest BCUT2D eigenvalue weighted by atomic mass is 10.0. The van der Waals surface area contributed by atoms with Gasteiger partial charge in [-0.05, 0) is 30.5 Å². The van der Waals surface area contributed by atoms with Gasteiger partial charge in [0.05, 0.1) is 17.5 Å². The van der Waals surface area contributed by atoms with Crippen LogP contribution in [0.3, 0.4) is 0 Å². The van der Waals surface area contributed by atoms with Crippen LogP contribution in [0.15, 0.2) is 59.8 Å². The van der Waals surface area contributed by atoms with Crippen molar-refractivity contribution in [1.82, 2.24) is 14.8 Å². The van der Waals surface area contributed by atoms with Gasteiger partial charge in [0.1, 0.15) is 18.2 Å². The SMILES string of the molecule is O=C(CSc1nnc2n1CCCCC2)N1c2ccccc2OC[C@@H]1c1ccccc1. The van der Waals surface area contributed by atoms with Crippen molar-refractivity contribution in [2.75, 3.05) is 17.3 Å². The summed E-state index contributed by atoms with van der Waals surface area (Å²) in [6.45, 7) is 1.38. The van der Waals surface area contributed by atoms with E-state index in [1.54, 1.807) is 0 Å². The summed E-state index contributed by atoms with van der Waals surface area (Å²) in [5, 5.41) is 9.56. The Labute approximate surface area is 180 Å². The van der Waals surface area contributed by atoms with Crippen LogP contribution in [0.5, 0.6) is 5.75 Å². The summed E-state index contributed by atoms with van der Waals surface area (Å²) in [6, 6.07) is 17.7. The predicted molar refractivity (Wildman–Crippen MR) is 117 cm³/mol. The molecule has 7 heteroatoms. The lowest BCUT2D eigenvalue weighted by Gasteiger charge is -2.37. The van der Waals surface area contributed by atoms with E-state index in [-0.39, 0.29) is 11.9 Å². The third-order valence-electron chi connectivity index (χ3n) is 5.69. The van der Waals surface area contributed by atoms with Gasteiger partial charge >= 0.3 is 0 Å². The van der Waals surface area contributed by atoms with Crippen LogP contribution in [0.1, 0.15) is 36.7 Å². The van der Waals surface area contributed by atoms with Gasteiger partial charge in [0.25, 0.3) is 0 Å². The van der Waals surface area contributed by atoms with Gasteiger partial charge in [-0.1, -0.05) is 60.6 Å². The first kappa shape index (κ1) is 19.2. The van der Waals surface area contributed by atoms with Gasteiger partial charge in [-0.2, -0.15) is 0 Å². The number of carbonyl (C=O) groups is 1. The van der Waals surface area contributed by atoms with Gasteiger partial charge in [-0.15, -0.1) is 10.2 Å². The molecule has 0 radical (unpaired) electrons. The molecular formula is C23H24N4O2S. The van der Waals surface area contributed by atoms with Gasteiger partial charge in [0, 0.05) is 13.0 Å². The maximum atomic E-state index is 13.5. The number of fused-ring (bicyclic) bond motifs is 2. The van der Waals surface area contributed by atoms with E-state index in [0.717, 1.165) is 53.8 Å². The number of rotatable bonds is 4. The molecule has 2 aliphatic heterocycles. The highest BCUT2D eigenvalue weighted by atomic mass is 32.2. The molecule has 5 rings (SSSR count). The number of anilines is 1. The van der Waals surface area contributed by atoms with Crippen molar-refractivity contribution < 1.29 is 9.53 Å². The standard InChI is InChI=1S/C23H24N4O2S/c28-22(16-30-23-25-24-21-13-5-2-8-14-26(21)23)27-18-11-6-7-12-20(18)29-15-19(27)17-9-3-1-4-10-17/h1,3-4,6-7,9-12,19H,2,5,8,13-16H2/t19-/m1/s1. The Morgan fingerprint density at radius 2 is 1.87 bits per heavy atom. The minimum atomic E-state index is -0.148. The van der Waals surface area contributed by atoms with Crippen molar-refractivity contribution in [3.8, 4) is 5.75 Å². The second-order valence-corrected chi connectivity index (χ2v) is 8.56. The molecule has 0 spiro atoms. The zero-order valence-corrected chi connectivity index (χ0v) is 17.6. The fourth-order valence-corrected chi connectivity index (χ4v) is 5.02. The van der Waals surface area contributed by atoms with Crippen molar-refractivity contribution in [2.24, 2.45) is 0 Å². The second-order valence-electron chi connectivity index (χ2n) is 7.62. The highest BCUT2D eigenvalue weighted by Crippen LogP contribution is 2.39. The van der Waals surface area contributed by atoms with Crippen LogP contribution in [0.4, 0.5) is 5.69 Å². The number of nitrogens with zero attached hydrogens (tertiary/aromatic N) is 4. The number of hydrogen-bond acceptors (Lipinski definition) is 5. The molecule has 1 aromatic heterocycles. The Balaban J connectivity index is 1.40. The van der Waals surface area contributed by atoms with Gasteiger partial charge < -0.3 is 9.30 Å². The summed E-state index contributed by atoms with van der Waals surface area (Å²) in [7, 11) is 0. The average Bonchev–Trinajstić information content (AvgIpc) is 3.03. The molecule has 30 heavy (non-hydrogen) atoms. The maximum absolute atomic E-state index is 13.5. The molecule has 0 N–H and O–H groups in total. The van der Waals surface area contributed by atoms with Crippen LogP contribution in [-0.4, -0.2) is 33.0 Å². The van der Waals surface area contributed by atoms with Gasteiger partial charge in [-0.25, -0.2) is 0 Å². The van der Waals surface area contributed by atoms with E-state index in [4.69, 9.17) is 4.74 Å². The predicted octanol–water partition coefficient (Wildman–Crippen LogP) is 4.26. The van der Waals surface area contributed by atoms with Crippen LogP contribution >= 0.6 is 11.8 Å². The van der Waals surface area contributed by atoms with E-state index in [1.807, 2.05) is 59.5 Å². The molecule has 0 saturated heterocycles. The Bertz CT molecular complexity index is 1040. The lowest BCUT2D eigenvalue weighted by molar-refractivity contribution is -0.117. The summed E-state index contributed by atoms with van der Waals surface area (Å²) in [4.78, 5) is 15.4. The van der Waals surface area contributed by atoms with Crippen LogP contribution < -0.4 is 9.64 Å². The largest absolute Gasteiger partial charge is 0.489 e. The fraction of sp³-hybridized carbons (Fsp3) is 0.348. The fourth-order valence-electron chi connectivity index (χ4n) is 4.18. The molecule has 3 aromatic rings. The number of ether oxygens (including phenoxy) is 1. The van der Waals surface area contributed by atoms with Crippen molar-refractivity contribution in [1.29, 1.82) is 0 Å². The van der Waals surface area contributed by atoms with Gasteiger partial charge in [-0.3, -0.25) is 9.69 Å². The number of hydrogen-bond donors (Lipinski definition) is 0. The van der Waals surface area contributed by atoms with Gasteiger partial charge in [0.15, 0.2) is 5.16 Å². The number of benzene rings is 2. The lowest BCUT2D eigenvalue weighted by Crippen LogP contribution is -2.42. The maximum Gasteiger partial charge on any atom is 0.238 e. The number of para-hydroxylation sites is 2. The van der Waals surface area contributed by atoms with Crippen LogP contribution in [0.2, 0.25) is 0 Å². The molecule has 1 amide bonds. The molecule has 0 aliphatic carbocycles. The molecule has 154 valence electrons. The summed E-state index contributed by atoms with van der Waals surface area (Å²) >= 11 is 1.48. The van der Waals surface area contributed by atoms with E-state index in [1.165, 1.54) is 18.2 Å². The van der Waals surface area contributed by atoms with E-state index >= 15 is 0 Å². The van der Waals surface area contributed by atoms with Crippen molar-refractivity contribution in [2.45, 2.75) is 43.4 Å². The first-order valence-corrected chi connectivity index (χ1v) is 11.4. The minimum Gasteiger partial charge on any atom is -0.489 e. The topological polar surface area (TPSA) is 60.2 Å².